The van der Waals surface area contributed by atoms with E-state index in [4.69, 9.17) is 4.89 Å². The SMILES string of the molecule is CCCCCOP(=O)(O)OS. The summed E-state index contributed by atoms with van der Waals surface area (Å²) in [4.78, 5) is 8.66. The molecule has 1 atom stereocenters. The lowest BCUT2D eigenvalue weighted by Gasteiger charge is -2.06. The maximum atomic E-state index is 10.6. The van der Waals surface area contributed by atoms with E-state index in [1.807, 2.05) is 6.92 Å². The van der Waals surface area contributed by atoms with Crippen molar-refractivity contribution in [1.82, 2.24) is 0 Å². The number of thiol groups is 1. The van der Waals surface area contributed by atoms with E-state index >= 15 is 0 Å². The molecule has 0 aliphatic rings. The minimum atomic E-state index is -3.85. The van der Waals surface area contributed by atoms with E-state index in [0.717, 1.165) is 19.3 Å². The Balaban J connectivity index is 3.31. The van der Waals surface area contributed by atoms with Gasteiger partial charge in [0.15, 0.2) is 0 Å². The van der Waals surface area contributed by atoms with E-state index in [9.17, 15) is 4.57 Å². The number of phosphoric ester groups is 1. The number of rotatable bonds is 6. The quantitative estimate of drug-likeness (QED) is 0.298. The van der Waals surface area contributed by atoms with Gasteiger partial charge in [0.25, 0.3) is 0 Å². The van der Waals surface area contributed by atoms with Gasteiger partial charge in [0.05, 0.1) is 6.61 Å². The van der Waals surface area contributed by atoms with Crippen LogP contribution in [0.25, 0.3) is 0 Å². The average Bonchev–Trinajstić information content (AvgIpc) is 1.99. The fourth-order valence-electron chi connectivity index (χ4n) is 0.556. The molecule has 0 aliphatic carbocycles. The maximum absolute atomic E-state index is 10.6. The second-order valence-electron chi connectivity index (χ2n) is 2.09. The Morgan fingerprint density at radius 3 is 2.64 bits per heavy atom. The highest BCUT2D eigenvalue weighted by Gasteiger charge is 2.18. The lowest BCUT2D eigenvalue weighted by atomic mass is 10.3. The predicted molar refractivity (Wildman–Crippen MR) is 45.4 cm³/mol. The van der Waals surface area contributed by atoms with Crippen LogP contribution < -0.4 is 0 Å². The van der Waals surface area contributed by atoms with E-state index in [2.05, 4.69) is 21.4 Å². The van der Waals surface area contributed by atoms with Gasteiger partial charge in [0, 0.05) is 0 Å². The lowest BCUT2D eigenvalue weighted by molar-refractivity contribution is 0.209. The normalized spacial score (nSPS) is 16.3. The Bertz CT molecular complexity index is 140. The lowest BCUT2D eigenvalue weighted by Crippen LogP contribution is -1.92. The van der Waals surface area contributed by atoms with Crippen molar-refractivity contribution in [3.05, 3.63) is 0 Å². The van der Waals surface area contributed by atoms with Gasteiger partial charge in [-0.1, -0.05) is 19.8 Å². The minimum absolute atomic E-state index is 0.238. The Kier molecular flexibility index (Phi) is 6.28. The third-order valence-electron chi connectivity index (χ3n) is 1.11. The standard InChI is InChI=1S/C5H13O4PS/c1-2-3-4-5-8-10(6,7)9-11/h11H,2-5H2,1H3,(H,6,7). The summed E-state index contributed by atoms with van der Waals surface area (Å²) in [5.41, 5.74) is 0. The van der Waals surface area contributed by atoms with Crippen molar-refractivity contribution in [2.75, 3.05) is 6.61 Å². The van der Waals surface area contributed by atoms with Crippen molar-refractivity contribution in [2.24, 2.45) is 0 Å². The van der Waals surface area contributed by atoms with Gasteiger partial charge in [-0.25, -0.2) is 8.54 Å². The molecule has 0 fully saturated rings. The first-order valence-corrected chi connectivity index (χ1v) is 5.29. The van der Waals surface area contributed by atoms with Crippen molar-refractivity contribution < 1.29 is 18.0 Å². The molecule has 68 valence electrons. The first-order valence-electron chi connectivity index (χ1n) is 3.43. The zero-order valence-corrected chi connectivity index (χ0v) is 8.18. The van der Waals surface area contributed by atoms with Crippen molar-refractivity contribution >= 4 is 20.7 Å². The fraction of sp³-hybridized carbons (Fsp3) is 1.00. The van der Waals surface area contributed by atoms with Gasteiger partial charge in [0.2, 0.25) is 0 Å². The summed E-state index contributed by atoms with van der Waals surface area (Å²) >= 11 is 3.19. The van der Waals surface area contributed by atoms with Gasteiger partial charge in [-0.15, -0.1) is 0 Å². The van der Waals surface area contributed by atoms with E-state index in [1.54, 1.807) is 0 Å². The first-order chi connectivity index (χ1) is 5.12. The van der Waals surface area contributed by atoms with E-state index in [-0.39, 0.29) is 6.61 Å². The number of unbranched alkanes of at least 4 members (excludes halogenated alkanes) is 2. The van der Waals surface area contributed by atoms with Crippen LogP contribution in [-0.4, -0.2) is 11.5 Å². The smallest absolute Gasteiger partial charge is 0.302 e. The van der Waals surface area contributed by atoms with E-state index in [0.29, 0.717) is 0 Å². The summed E-state index contributed by atoms with van der Waals surface area (Å²) in [5, 5.41) is 0. The molecule has 1 N–H and O–H groups in total. The first kappa shape index (κ1) is 11.5. The summed E-state index contributed by atoms with van der Waals surface area (Å²) in [5.74, 6) is 0. The zero-order valence-electron chi connectivity index (χ0n) is 6.39. The van der Waals surface area contributed by atoms with Crippen molar-refractivity contribution in [1.29, 1.82) is 0 Å². The minimum Gasteiger partial charge on any atom is -0.302 e. The third-order valence-corrected chi connectivity index (χ3v) is 2.44. The molecule has 0 aromatic rings. The van der Waals surface area contributed by atoms with Crippen LogP contribution in [0, 0.1) is 0 Å². The molecule has 0 rings (SSSR count). The molecule has 4 nitrogen and oxygen atoms in total. The molecule has 0 radical (unpaired) electrons. The van der Waals surface area contributed by atoms with Crippen LogP contribution in [0.5, 0.6) is 0 Å². The molecule has 0 saturated heterocycles. The molecule has 0 saturated carbocycles. The van der Waals surface area contributed by atoms with Crippen LogP contribution in [-0.2, 0) is 13.1 Å². The molecule has 0 spiro atoms. The highest BCUT2D eigenvalue weighted by atomic mass is 32.1. The van der Waals surface area contributed by atoms with Crippen LogP contribution in [0.2, 0.25) is 0 Å². The summed E-state index contributed by atoms with van der Waals surface area (Å²) in [6.45, 7) is 2.27. The Morgan fingerprint density at radius 1 is 1.55 bits per heavy atom. The summed E-state index contributed by atoms with van der Waals surface area (Å²) in [6, 6.07) is 0. The molecular formula is C5H13O4PS. The van der Waals surface area contributed by atoms with Crippen LogP contribution in [0.1, 0.15) is 26.2 Å². The number of hydrogen-bond acceptors (Lipinski definition) is 4. The van der Waals surface area contributed by atoms with Crippen molar-refractivity contribution in [2.45, 2.75) is 26.2 Å². The van der Waals surface area contributed by atoms with Crippen LogP contribution in [0.4, 0.5) is 0 Å². The van der Waals surface area contributed by atoms with Crippen LogP contribution in [0.3, 0.4) is 0 Å². The number of phosphoric acid groups is 1. The molecule has 11 heavy (non-hydrogen) atoms. The van der Waals surface area contributed by atoms with E-state index in [1.165, 1.54) is 0 Å². The molecule has 0 aliphatic heterocycles. The Labute approximate surface area is 72.1 Å². The van der Waals surface area contributed by atoms with Gasteiger partial charge < -0.3 is 4.89 Å². The monoisotopic (exact) mass is 200 g/mol. The molecule has 0 aromatic carbocycles. The number of hydrogen-bond donors (Lipinski definition) is 2. The third kappa shape index (κ3) is 6.84. The summed E-state index contributed by atoms with van der Waals surface area (Å²) in [7, 11) is -3.85. The Morgan fingerprint density at radius 2 is 2.18 bits per heavy atom. The van der Waals surface area contributed by atoms with Gasteiger partial charge in [0.1, 0.15) is 0 Å². The van der Waals surface area contributed by atoms with Gasteiger partial charge >= 0.3 is 7.82 Å². The molecule has 0 heterocycles. The van der Waals surface area contributed by atoms with Crippen molar-refractivity contribution in [3.63, 3.8) is 0 Å². The Hall–Kier alpha value is 0.460. The van der Waals surface area contributed by atoms with Gasteiger partial charge in [-0.05, 0) is 19.3 Å². The predicted octanol–water partition coefficient (Wildman–Crippen LogP) is 2.16. The average molecular weight is 200 g/mol. The summed E-state index contributed by atoms with van der Waals surface area (Å²) in [6.07, 6.45) is 2.78. The fourth-order valence-corrected chi connectivity index (χ4v) is 1.10. The molecule has 6 heteroatoms. The molecule has 0 bridgehead atoms. The zero-order chi connectivity index (χ0) is 8.74. The van der Waals surface area contributed by atoms with Crippen LogP contribution in [0.15, 0.2) is 0 Å². The molecule has 0 aromatic heterocycles. The van der Waals surface area contributed by atoms with Gasteiger partial charge in [-0.3, -0.25) is 4.52 Å². The molecule has 0 amide bonds. The second-order valence-corrected chi connectivity index (χ2v) is 3.94. The highest BCUT2D eigenvalue weighted by Crippen LogP contribution is 2.44. The van der Waals surface area contributed by atoms with Gasteiger partial charge in [-0.2, -0.15) is 0 Å². The topological polar surface area (TPSA) is 55.8 Å². The second kappa shape index (κ2) is 6.03. The van der Waals surface area contributed by atoms with E-state index < -0.39 is 7.82 Å². The van der Waals surface area contributed by atoms with Crippen molar-refractivity contribution in [3.8, 4) is 0 Å². The maximum Gasteiger partial charge on any atom is 0.483 e. The van der Waals surface area contributed by atoms with Crippen LogP contribution >= 0.6 is 20.7 Å². The highest BCUT2D eigenvalue weighted by molar-refractivity contribution is 7.80. The molecule has 1 unspecified atom stereocenters. The summed E-state index contributed by atoms with van der Waals surface area (Å²) < 4.78 is 19.0. The largest absolute Gasteiger partial charge is 0.483 e. The molecular weight excluding hydrogens is 187 g/mol.